The summed E-state index contributed by atoms with van der Waals surface area (Å²) in [6.07, 6.45) is 11.2. The number of fused-ring (bicyclic) bond motifs is 4. The Hall–Kier alpha value is -6.52. The maximum atomic E-state index is 5.49. The van der Waals surface area contributed by atoms with Crippen molar-refractivity contribution in [1.29, 1.82) is 0 Å². The van der Waals surface area contributed by atoms with E-state index >= 15 is 0 Å². The lowest BCUT2D eigenvalue weighted by Crippen LogP contribution is -2.00. The second kappa shape index (κ2) is 13.9. The highest BCUT2D eigenvalue weighted by Gasteiger charge is 2.18. The Morgan fingerprint density at radius 3 is 1.94 bits per heavy atom. The van der Waals surface area contributed by atoms with Crippen LogP contribution in [-0.2, 0) is 0 Å². The number of thiophene rings is 1. The molecule has 0 radical (unpaired) electrons. The monoisotopic (exact) mass is 714 g/mol. The van der Waals surface area contributed by atoms with Gasteiger partial charge in [-0.2, -0.15) is 0 Å². The molecule has 0 bridgehead atoms. The van der Waals surface area contributed by atoms with Crippen molar-refractivity contribution in [2.75, 3.05) is 0 Å². The molecule has 0 unspecified atom stereocenters. The van der Waals surface area contributed by atoms with Gasteiger partial charge in [0.25, 0.3) is 0 Å². The fourth-order valence-electron chi connectivity index (χ4n) is 6.65. The van der Waals surface area contributed by atoms with Gasteiger partial charge in [-0.25, -0.2) is 19.9 Å². The largest absolute Gasteiger partial charge is 0.236 e. The van der Waals surface area contributed by atoms with Crippen molar-refractivity contribution in [2.45, 2.75) is 6.92 Å². The molecule has 0 spiro atoms. The second-order valence-electron chi connectivity index (χ2n) is 12.5. The maximum Gasteiger partial charge on any atom is 0.164 e. The van der Waals surface area contributed by atoms with Gasteiger partial charge in [-0.05, 0) is 71.7 Å². The third-order valence-corrected chi connectivity index (χ3v) is 11.5. The summed E-state index contributed by atoms with van der Waals surface area (Å²) >= 11 is 3.50. The van der Waals surface area contributed by atoms with Crippen molar-refractivity contribution in [3.63, 3.8) is 0 Å². The number of nitrogens with zero attached hydrogens (tertiary/aromatic N) is 4. The molecule has 0 fully saturated rings. The van der Waals surface area contributed by atoms with E-state index in [9.17, 15) is 0 Å². The molecule has 250 valence electrons. The van der Waals surface area contributed by atoms with Crippen LogP contribution in [0, 0.1) is 12.3 Å². The summed E-state index contributed by atoms with van der Waals surface area (Å²) in [6, 6.07) is 48.5. The van der Waals surface area contributed by atoms with Gasteiger partial charge in [0.2, 0.25) is 0 Å². The van der Waals surface area contributed by atoms with Crippen molar-refractivity contribution in [1.82, 2.24) is 19.9 Å². The van der Waals surface area contributed by atoms with E-state index in [1.165, 1.54) is 14.1 Å². The van der Waals surface area contributed by atoms with Crippen LogP contribution >= 0.6 is 22.7 Å². The van der Waals surface area contributed by atoms with E-state index < -0.39 is 0 Å². The van der Waals surface area contributed by atoms with Crippen LogP contribution in [0.25, 0.3) is 91.8 Å². The Morgan fingerprint density at radius 1 is 0.566 bits per heavy atom. The minimum atomic E-state index is 0.608. The molecule has 0 aliphatic rings. The first kappa shape index (κ1) is 32.4. The molecule has 0 atom stereocenters. The van der Waals surface area contributed by atoms with Crippen LogP contribution in [0.4, 0.5) is 0 Å². The van der Waals surface area contributed by atoms with Gasteiger partial charge in [0.15, 0.2) is 17.5 Å². The zero-order chi connectivity index (χ0) is 35.7. The number of allylic oxidation sites excluding steroid dienone is 4. The summed E-state index contributed by atoms with van der Waals surface area (Å²) < 4.78 is 3.56. The van der Waals surface area contributed by atoms with E-state index in [4.69, 9.17) is 26.4 Å². The second-order valence-corrected chi connectivity index (χ2v) is 14.7. The molecule has 0 aliphatic heterocycles. The molecule has 0 amide bonds. The molecule has 0 N–H and O–H groups in total. The summed E-state index contributed by atoms with van der Waals surface area (Å²) in [5.74, 6) is 4.44. The summed E-state index contributed by atoms with van der Waals surface area (Å²) in [5.41, 5.74) is 9.31. The molecular weight excluding hydrogens is 685 g/mol. The van der Waals surface area contributed by atoms with Gasteiger partial charge in [0.1, 0.15) is 5.01 Å². The van der Waals surface area contributed by atoms with Gasteiger partial charge in [-0.1, -0.05) is 121 Å². The quantitative estimate of drug-likeness (QED) is 0.122. The van der Waals surface area contributed by atoms with E-state index in [2.05, 4.69) is 139 Å². The first-order chi connectivity index (χ1) is 26.1. The summed E-state index contributed by atoms with van der Waals surface area (Å²) in [6.45, 7) is 2.01. The van der Waals surface area contributed by atoms with Gasteiger partial charge < -0.3 is 0 Å². The number of rotatable bonds is 7. The lowest BCUT2D eigenvalue weighted by Gasteiger charge is -2.11. The first-order valence-electron chi connectivity index (χ1n) is 17.3. The molecule has 53 heavy (non-hydrogen) atoms. The standard InChI is InChI=1S/C47H30N4S2/c1-3-5-12-30(4-2)32-19-23-34(24-20-32)44-49-45(35-25-21-33(22-26-35)31-13-7-6-8-14-31)51-46(50-44)37-15-11-18-42-43(37)38-29-36(27-28-40(38)52-42)47-48-39-16-9-10-17-41(39)53-47/h1,4-29H,2H3/b12-5-,30-4+. The van der Waals surface area contributed by atoms with E-state index in [-0.39, 0.29) is 0 Å². The molecular formula is C47H30N4S2. The van der Waals surface area contributed by atoms with Gasteiger partial charge in [-0.3, -0.25) is 0 Å². The Kier molecular flexibility index (Phi) is 8.49. The normalized spacial score (nSPS) is 11.9. The third kappa shape index (κ3) is 6.23. The van der Waals surface area contributed by atoms with Crippen molar-refractivity contribution in [3.05, 3.63) is 163 Å². The van der Waals surface area contributed by atoms with Crippen molar-refractivity contribution in [2.24, 2.45) is 0 Å². The molecule has 3 heterocycles. The van der Waals surface area contributed by atoms with Gasteiger partial charge in [-0.15, -0.1) is 29.1 Å². The van der Waals surface area contributed by atoms with Gasteiger partial charge in [0, 0.05) is 42.4 Å². The third-order valence-electron chi connectivity index (χ3n) is 9.31. The average molecular weight is 715 g/mol. The molecule has 6 heteroatoms. The molecule has 0 aliphatic carbocycles. The Morgan fingerprint density at radius 2 is 1.21 bits per heavy atom. The summed E-state index contributed by atoms with van der Waals surface area (Å²) in [4.78, 5) is 20.4. The number of hydrogen-bond acceptors (Lipinski definition) is 6. The maximum absolute atomic E-state index is 5.49. The number of thiazole rings is 1. The highest BCUT2D eigenvalue weighted by Crippen LogP contribution is 2.42. The van der Waals surface area contributed by atoms with Crippen LogP contribution in [0.5, 0.6) is 0 Å². The van der Waals surface area contributed by atoms with Crippen LogP contribution in [0.1, 0.15) is 12.5 Å². The number of benzene rings is 6. The predicted molar refractivity (Wildman–Crippen MR) is 225 cm³/mol. The average Bonchev–Trinajstić information content (AvgIpc) is 3.83. The number of aromatic nitrogens is 4. The number of hydrogen-bond donors (Lipinski definition) is 0. The molecule has 0 saturated carbocycles. The van der Waals surface area contributed by atoms with E-state index in [0.717, 1.165) is 65.8 Å². The minimum absolute atomic E-state index is 0.608. The summed E-state index contributed by atoms with van der Waals surface area (Å²) in [5, 5.41) is 3.30. The number of terminal acetylenes is 1. The molecule has 6 aromatic carbocycles. The van der Waals surface area contributed by atoms with E-state index in [1.807, 2.05) is 25.1 Å². The minimum Gasteiger partial charge on any atom is -0.236 e. The van der Waals surface area contributed by atoms with Crippen LogP contribution in [0.3, 0.4) is 0 Å². The Balaban J connectivity index is 1.20. The zero-order valence-electron chi connectivity index (χ0n) is 28.7. The van der Waals surface area contributed by atoms with E-state index in [0.29, 0.717) is 17.5 Å². The Labute approximate surface area is 315 Å². The van der Waals surface area contributed by atoms with Gasteiger partial charge >= 0.3 is 0 Å². The highest BCUT2D eigenvalue weighted by molar-refractivity contribution is 7.26. The van der Waals surface area contributed by atoms with Crippen LogP contribution in [0.2, 0.25) is 0 Å². The lowest BCUT2D eigenvalue weighted by atomic mass is 10.0. The summed E-state index contributed by atoms with van der Waals surface area (Å²) in [7, 11) is 0. The van der Waals surface area contributed by atoms with Crippen molar-refractivity contribution >= 4 is 58.6 Å². The fraction of sp³-hybridized carbons (Fsp3) is 0.0213. The van der Waals surface area contributed by atoms with Crippen LogP contribution < -0.4 is 0 Å². The number of para-hydroxylation sites is 1. The van der Waals surface area contributed by atoms with Crippen LogP contribution in [0.15, 0.2) is 158 Å². The van der Waals surface area contributed by atoms with Gasteiger partial charge in [0.05, 0.1) is 10.2 Å². The molecule has 0 saturated heterocycles. The fourth-order valence-corrected chi connectivity index (χ4v) is 8.72. The highest BCUT2D eigenvalue weighted by atomic mass is 32.1. The lowest BCUT2D eigenvalue weighted by molar-refractivity contribution is 1.08. The van der Waals surface area contributed by atoms with E-state index in [1.54, 1.807) is 28.7 Å². The Bertz CT molecular complexity index is 2860. The van der Waals surface area contributed by atoms with Crippen LogP contribution in [-0.4, -0.2) is 19.9 Å². The first-order valence-corrected chi connectivity index (χ1v) is 18.9. The zero-order valence-corrected chi connectivity index (χ0v) is 30.3. The van der Waals surface area contributed by atoms with Crippen molar-refractivity contribution < 1.29 is 0 Å². The molecule has 9 aromatic rings. The molecule has 4 nitrogen and oxygen atoms in total. The molecule has 3 aromatic heterocycles. The predicted octanol–water partition coefficient (Wildman–Crippen LogP) is 12.8. The smallest absolute Gasteiger partial charge is 0.164 e. The van der Waals surface area contributed by atoms with Crippen molar-refractivity contribution in [3.8, 4) is 68.2 Å². The topological polar surface area (TPSA) is 51.6 Å². The SMILES string of the molecule is C#C/C=C\C(=C/C)c1ccc(-c2nc(-c3ccc(-c4ccccc4)cc3)nc(-c3cccc4sc5ccc(-c6nc7ccccc7s6)cc5c34)n2)cc1. The molecule has 9 rings (SSSR count).